The molecule has 0 bridgehead atoms. The lowest BCUT2D eigenvalue weighted by atomic mass is 10.2. The third-order valence-electron chi connectivity index (χ3n) is 3.40. The van der Waals surface area contributed by atoms with E-state index in [4.69, 9.17) is 4.74 Å². The molecule has 0 saturated carbocycles. The first-order valence-corrected chi connectivity index (χ1v) is 8.99. The van der Waals surface area contributed by atoms with Crippen molar-refractivity contribution in [2.75, 3.05) is 18.6 Å². The first-order chi connectivity index (χ1) is 10.6. The first kappa shape index (κ1) is 16.7. The van der Waals surface area contributed by atoms with Crippen LogP contribution in [0.15, 0.2) is 24.3 Å². The highest BCUT2D eigenvalue weighted by Crippen LogP contribution is 2.24. The lowest BCUT2D eigenvalue weighted by Gasteiger charge is -2.10. The second-order valence-corrected chi connectivity index (χ2v) is 7.17. The van der Waals surface area contributed by atoms with Gasteiger partial charge in [-0.25, -0.2) is 9.67 Å². The van der Waals surface area contributed by atoms with Gasteiger partial charge in [-0.1, -0.05) is 32.9 Å². The van der Waals surface area contributed by atoms with Gasteiger partial charge in [-0.3, -0.25) is 4.21 Å². The summed E-state index contributed by atoms with van der Waals surface area (Å²) in [5.41, 5.74) is 0.863. The van der Waals surface area contributed by atoms with Crippen LogP contribution in [-0.4, -0.2) is 37.6 Å². The zero-order valence-electron chi connectivity index (χ0n) is 13.6. The minimum absolute atomic E-state index is 0.242. The molecule has 0 spiro atoms. The lowest BCUT2D eigenvalue weighted by Crippen LogP contribution is -2.10. The van der Waals surface area contributed by atoms with Gasteiger partial charge in [-0.05, 0) is 12.1 Å². The molecule has 0 aliphatic heterocycles. The fourth-order valence-corrected chi connectivity index (χ4v) is 2.81. The standard InChI is InChI=1S/C16H23N3O2S/c1-5-22(20)11-10-15-17-16(12(2)3)18-19(15)13-8-6-7-9-14(13)21-4/h6-9,12H,5,10-11H2,1-4H3/t22-/m0/s1. The van der Waals surface area contributed by atoms with E-state index in [9.17, 15) is 4.21 Å². The van der Waals surface area contributed by atoms with Gasteiger partial charge in [0.05, 0.1) is 7.11 Å². The Bertz CT molecular complexity index is 653. The molecule has 0 fully saturated rings. The summed E-state index contributed by atoms with van der Waals surface area (Å²) in [6.45, 7) is 6.06. The van der Waals surface area contributed by atoms with E-state index in [0.717, 1.165) is 23.1 Å². The molecule has 1 atom stereocenters. The number of hydrogen-bond donors (Lipinski definition) is 0. The summed E-state index contributed by atoms with van der Waals surface area (Å²) < 4.78 is 19.0. The number of hydrogen-bond acceptors (Lipinski definition) is 4. The highest BCUT2D eigenvalue weighted by molar-refractivity contribution is 7.84. The number of benzene rings is 1. The molecule has 0 saturated heterocycles. The highest BCUT2D eigenvalue weighted by Gasteiger charge is 2.16. The van der Waals surface area contributed by atoms with E-state index in [-0.39, 0.29) is 5.92 Å². The average Bonchev–Trinajstić information content (AvgIpc) is 2.96. The molecule has 6 heteroatoms. The smallest absolute Gasteiger partial charge is 0.153 e. The van der Waals surface area contributed by atoms with E-state index in [2.05, 4.69) is 23.9 Å². The molecule has 1 aromatic heterocycles. The van der Waals surface area contributed by atoms with Crippen LogP contribution in [0.3, 0.4) is 0 Å². The molecule has 0 unspecified atom stereocenters. The Labute approximate surface area is 134 Å². The van der Waals surface area contributed by atoms with Gasteiger partial charge in [-0.2, -0.15) is 5.10 Å². The molecule has 0 aliphatic rings. The number of nitrogens with zero attached hydrogens (tertiary/aromatic N) is 3. The van der Waals surface area contributed by atoms with E-state index >= 15 is 0 Å². The van der Waals surface area contributed by atoms with Crippen molar-refractivity contribution < 1.29 is 8.95 Å². The summed E-state index contributed by atoms with van der Waals surface area (Å²) >= 11 is 0. The van der Waals surface area contributed by atoms with Crippen LogP contribution in [0.5, 0.6) is 5.75 Å². The largest absolute Gasteiger partial charge is 0.494 e. The van der Waals surface area contributed by atoms with Crippen molar-refractivity contribution in [3.63, 3.8) is 0 Å². The number of ether oxygens (including phenoxy) is 1. The molecule has 22 heavy (non-hydrogen) atoms. The summed E-state index contributed by atoms with van der Waals surface area (Å²) in [6, 6.07) is 7.73. The Morgan fingerprint density at radius 2 is 2.05 bits per heavy atom. The van der Waals surface area contributed by atoms with Gasteiger partial charge in [0.2, 0.25) is 0 Å². The van der Waals surface area contributed by atoms with E-state index in [1.807, 2.05) is 35.9 Å². The van der Waals surface area contributed by atoms with Crippen LogP contribution in [0.2, 0.25) is 0 Å². The van der Waals surface area contributed by atoms with Gasteiger partial charge in [0, 0.05) is 34.6 Å². The molecule has 0 amide bonds. The maximum atomic E-state index is 11.7. The Morgan fingerprint density at radius 3 is 2.68 bits per heavy atom. The van der Waals surface area contributed by atoms with Gasteiger partial charge in [0.25, 0.3) is 0 Å². The van der Waals surface area contributed by atoms with E-state index in [1.165, 1.54) is 0 Å². The average molecular weight is 321 g/mol. The van der Waals surface area contributed by atoms with Gasteiger partial charge in [0.15, 0.2) is 5.82 Å². The van der Waals surface area contributed by atoms with Crippen LogP contribution in [0, 0.1) is 0 Å². The Balaban J connectivity index is 2.42. The first-order valence-electron chi connectivity index (χ1n) is 7.51. The molecular formula is C16H23N3O2S. The van der Waals surface area contributed by atoms with Crippen LogP contribution in [0.1, 0.15) is 38.3 Å². The van der Waals surface area contributed by atoms with Crippen molar-refractivity contribution in [1.29, 1.82) is 0 Å². The maximum absolute atomic E-state index is 11.7. The summed E-state index contributed by atoms with van der Waals surface area (Å²) in [6.07, 6.45) is 0.637. The summed E-state index contributed by atoms with van der Waals surface area (Å²) in [4.78, 5) is 4.63. The zero-order valence-corrected chi connectivity index (χ0v) is 14.4. The Morgan fingerprint density at radius 1 is 1.32 bits per heavy atom. The van der Waals surface area contributed by atoms with E-state index < -0.39 is 10.8 Å². The molecule has 0 aliphatic carbocycles. The van der Waals surface area contributed by atoms with Gasteiger partial charge in [-0.15, -0.1) is 0 Å². The molecule has 2 aromatic rings. The van der Waals surface area contributed by atoms with Crippen molar-refractivity contribution >= 4 is 10.8 Å². The summed E-state index contributed by atoms with van der Waals surface area (Å²) in [5, 5.41) is 4.62. The highest BCUT2D eigenvalue weighted by atomic mass is 32.2. The fourth-order valence-electron chi connectivity index (χ4n) is 2.12. The van der Waals surface area contributed by atoms with Gasteiger partial charge < -0.3 is 4.74 Å². The second-order valence-electron chi connectivity index (χ2n) is 5.31. The van der Waals surface area contributed by atoms with Crippen LogP contribution in [0.4, 0.5) is 0 Å². The zero-order chi connectivity index (χ0) is 16.1. The molecule has 0 radical (unpaired) electrons. The number of rotatable bonds is 7. The predicted molar refractivity (Wildman–Crippen MR) is 89.3 cm³/mol. The third-order valence-corrected chi connectivity index (χ3v) is 4.70. The van der Waals surface area contributed by atoms with Crippen molar-refractivity contribution in [2.24, 2.45) is 0 Å². The van der Waals surface area contributed by atoms with Crippen molar-refractivity contribution in [2.45, 2.75) is 33.1 Å². The molecule has 120 valence electrons. The SMILES string of the molecule is CC[S@](=O)CCc1nc(C(C)C)nn1-c1ccccc1OC. The summed E-state index contributed by atoms with van der Waals surface area (Å²) in [7, 11) is 0.831. The molecule has 1 heterocycles. The van der Waals surface area contributed by atoms with Gasteiger partial charge >= 0.3 is 0 Å². The Kier molecular flexibility index (Phi) is 5.71. The number of aryl methyl sites for hydroxylation is 1. The monoisotopic (exact) mass is 321 g/mol. The molecule has 1 aromatic carbocycles. The number of methoxy groups -OCH3 is 1. The normalized spacial score (nSPS) is 12.6. The fraction of sp³-hybridized carbons (Fsp3) is 0.500. The van der Waals surface area contributed by atoms with Crippen molar-refractivity contribution in [3.05, 3.63) is 35.9 Å². The molecule has 0 N–H and O–H groups in total. The third kappa shape index (κ3) is 3.74. The van der Waals surface area contributed by atoms with E-state index in [1.54, 1.807) is 7.11 Å². The molecule has 2 rings (SSSR count). The minimum Gasteiger partial charge on any atom is -0.494 e. The van der Waals surface area contributed by atoms with Crippen molar-refractivity contribution in [1.82, 2.24) is 14.8 Å². The van der Waals surface area contributed by atoms with Gasteiger partial charge in [0.1, 0.15) is 17.3 Å². The van der Waals surface area contributed by atoms with Crippen LogP contribution in [0.25, 0.3) is 5.69 Å². The maximum Gasteiger partial charge on any atom is 0.153 e. The van der Waals surface area contributed by atoms with Crippen LogP contribution in [-0.2, 0) is 17.2 Å². The minimum atomic E-state index is -0.813. The topological polar surface area (TPSA) is 57.0 Å². The predicted octanol–water partition coefficient (Wildman–Crippen LogP) is 2.71. The van der Waals surface area contributed by atoms with Crippen LogP contribution >= 0.6 is 0 Å². The second kappa shape index (κ2) is 7.54. The number of aromatic nitrogens is 3. The Hall–Kier alpha value is -1.69. The van der Waals surface area contributed by atoms with Crippen molar-refractivity contribution in [3.8, 4) is 11.4 Å². The number of para-hydroxylation sites is 2. The molecule has 5 nitrogen and oxygen atoms in total. The molecular weight excluding hydrogens is 298 g/mol. The van der Waals surface area contributed by atoms with E-state index in [0.29, 0.717) is 17.9 Å². The quantitative estimate of drug-likeness (QED) is 0.787. The lowest BCUT2D eigenvalue weighted by molar-refractivity contribution is 0.411. The van der Waals surface area contributed by atoms with Crippen LogP contribution < -0.4 is 4.74 Å². The summed E-state index contributed by atoms with van der Waals surface area (Å²) in [5.74, 6) is 3.88.